The van der Waals surface area contributed by atoms with Gasteiger partial charge in [-0.15, -0.1) is 0 Å². The van der Waals surface area contributed by atoms with Gasteiger partial charge in [-0.2, -0.15) is 0 Å². The van der Waals surface area contributed by atoms with Crippen LogP contribution in [0.15, 0.2) is 34.9 Å². The van der Waals surface area contributed by atoms with Gasteiger partial charge in [-0.25, -0.2) is 0 Å². The lowest BCUT2D eigenvalue weighted by atomic mass is 10.1. The molecule has 0 saturated heterocycles. The Kier molecular flexibility index (Phi) is 4.82. The van der Waals surface area contributed by atoms with E-state index in [0.717, 1.165) is 5.56 Å². The van der Waals surface area contributed by atoms with Crippen LogP contribution in [0, 0.1) is 5.92 Å². The molecule has 116 valence electrons. The number of amides is 1. The first-order valence-corrected chi connectivity index (χ1v) is 6.97. The minimum absolute atomic E-state index is 0.0510. The number of carbonyl (C=O) groups is 2. The van der Waals surface area contributed by atoms with Gasteiger partial charge >= 0.3 is 5.97 Å². The fourth-order valence-corrected chi connectivity index (χ4v) is 2.11. The number of aliphatic carboxylic acids is 1. The van der Waals surface area contributed by atoms with E-state index in [2.05, 4.69) is 5.16 Å². The Morgan fingerprint density at radius 2 is 2.14 bits per heavy atom. The van der Waals surface area contributed by atoms with Crippen LogP contribution in [-0.2, 0) is 4.79 Å². The molecule has 1 heterocycles. The molecular formula is C15H15ClN2O4. The number of carbonyl (C=O) groups excluding carboxylic acids is 1. The van der Waals surface area contributed by atoms with E-state index in [9.17, 15) is 9.59 Å². The fraction of sp³-hybridized carbons (Fsp3) is 0.267. The molecule has 0 saturated carbocycles. The van der Waals surface area contributed by atoms with Crippen LogP contribution in [0.3, 0.4) is 0 Å². The van der Waals surface area contributed by atoms with E-state index < -0.39 is 17.8 Å². The zero-order valence-corrected chi connectivity index (χ0v) is 12.9. The number of carboxylic acid groups (broad SMARTS) is 1. The number of hydrogen-bond acceptors (Lipinski definition) is 4. The van der Waals surface area contributed by atoms with Crippen LogP contribution in [0.25, 0.3) is 11.3 Å². The van der Waals surface area contributed by atoms with Crippen LogP contribution in [0.5, 0.6) is 0 Å². The van der Waals surface area contributed by atoms with Gasteiger partial charge in [-0.3, -0.25) is 9.59 Å². The molecule has 6 nitrogen and oxygen atoms in total. The Morgan fingerprint density at radius 1 is 1.41 bits per heavy atom. The molecule has 1 aromatic heterocycles. The van der Waals surface area contributed by atoms with E-state index in [1.807, 2.05) is 0 Å². The van der Waals surface area contributed by atoms with Crippen LogP contribution in [0.2, 0.25) is 5.02 Å². The maximum Gasteiger partial charge on any atom is 0.308 e. The molecule has 0 aliphatic heterocycles. The predicted octanol–water partition coefficient (Wildman–Crippen LogP) is 2.79. The molecule has 7 heteroatoms. The lowest BCUT2D eigenvalue weighted by Crippen LogP contribution is -2.33. The lowest BCUT2D eigenvalue weighted by Gasteiger charge is -2.17. The molecule has 0 bridgehead atoms. The van der Waals surface area contributed by atoms with Crippen molar-refractivity contribution in [3.8, 4) is 11.3 Å². The molecule has 1 atom stereocenters. The molecule has 0 aliphatic rings. The van der Waals surface area contributed by atoms with Gasteiger partial charge in [0.05, 0.1) is 5.92 Å². The second-order valence-corrected chi connectivity index (χ2v) is 5.45. The number of aromatic nitrogens is 1. The minimum Gasteiger partial charge on any atom is -0.481 e. The van der Waals surface area contributed by atoms with Gasteiger partial charge in [0, 0.05) is 30.2 Å². The van der Waals surface area contributed by atoms with Crippen molar-refractivity contribution in [2.24, 2.45) is 5.92 Å². The largest absolute Gasteiger partial charge is 0.481 e. The predicted molar refractivity (Wildman–Crippen MR) is 80.7 cm³/mol. The Balaban J connectivity index is 2.14. The van der Waals surface area contributed by atoms with Crippen molar-refractivity contribution < 1.29 is 19.2 Å². The molecule has 1 amide bonds. The highest BCUT2D eigenvalue weighted by atomic mass is 35.5. The summed E-state index contributed by atoms with van der Waals surface area (Å²) in [5, 5.41) is 13.3. The van der Waals surface area contributed by atoms with Gasteiger partial charge in [0.2, 0.25) is 5.76 Å². The summed E-state index contributed by atoms with van der Waals surface area (Å²) in [6, 6.07) is 8.53. The third kappa shape index (κ3) is 3.65. The number of halogens is 1. The van der Waals surface area contributed by atoms with Crippen LogP contribution in [0.1, 0.15) is 17.5 Å². The zero-order valence-electron chi connectivity index (χ0n) is 12.1. The maximum absolute atomic E-state index is 12.2. The van der Waals surface area contributed by atoms with Crippen molar-refractivity contribution in [1.82, 2.24) is 10.1 Å². The molecule has 0 aliphatic carbocycles. The monoisotopic (exact) mass is 322 g/mol. The first-order chi connectivity index (χ1) is 10.4. The van der Waals surface area contributed by atoms with E-state index >= 15 is 0 Å². The van der Waals surface area contributed by atoms with Crippen molar-refractivity contribution in [3.63, 3.8) is 0 Å². The van der Waals surface area contributed by atoms with Crippen molar-refractivity contribution in [1.29, 1.82) is 0 Å². The third-order valence-corrected chi connectivity index (χ3v) is 3.39. The van der Waals surface area contributed by atoms with E-state index in [-0.39, 0.29) is 12.3 Å². The van der Waals surface area contributed by atoms with Gasteiger partial charge < -0.3 is 14.5 Å². The molecule has 1 aromatic carbocycles. The van der Waals surface area contributed by atoms with Crippen molar-refractivity contribution in [2.45, 2.75) is 6.92 Å². The van der Waals surface area contributed by atoms with Crippen LogP contribution in [-0.4, -0.2) is 40.6 Å². The van der Waals surface area contributed by atoms with Crippen molar-refractivity contribution in [3.05, 3.63) is 41.1 Å². The van der Waals surface area contributed by atoms with Gasteiger partial charge in [-0.1, -0.05) is 35.8 Å². The first-order valence-electron chi connectivity index (χ1n) is 6.59. The maximum atomic E-state index is 12.2. The standard InChI is InChI=1S/C15H15ClN2O4/c1-9(15(20)21)8-18(2)14(19)13-7-12(17-22-13)10-4-3-5-11(16)6-10/h3-7,9H,8H2,1-2H3,(H,20,21). The molecule has 0 spiro atoms. The highest BCUT2D eigenvalue weighted by Gasteiger charge is 2.22. The van der Waals surface area contributed by atoms with E-state index in [1.165, 1.54) is 24.9 Å². The van der Waals surface area contributed by atoms with Crippen LogP contribution >= 0.6 is 11.6 Å². The Hall–Kier alpha value is -2.34. The quantitative estimate of drug-likeness (QED) is 0.915. The molecule has 0 fully saturated rings. The van der Waals surface area contributed by atoms with Gasteiger partial charge in [0.1, 0.15) is 5.69 Å². The summed E-state index contributed by atoms with van der Waals surface area (Å²) in [6.07, 6.45) is 0. The smallest absolute Gasteiger partial charge is 0.308 e. The molecule has 1 N–H and O–H groups in total. The summed E-state index contributed by atoms with van der Waals surface area (Å²) >= 11 is 5.91. The summed E-state index contributed by atoms with van der Waals surface area (Å²) in [4.78, 5) is 24.3. The van der Waals surface area contributed by atoms with Crippen molar-refractivity contribution >= 4 is 23.5 Å². The van der Waals surface area contributed by atoms with Gasteiger partial charge in [0.25, 0.3) is 5.91 Å². The van der Waals surface area contributed by atoms with E-state index in [4.69, 9.17) is 21.2 Å². The van der Waals surface area contributed by atoms with Gasteiger partial charge in [-0.05, 0) is 12.1 Å². The molecular weight excluding hydrogens is 308 g/mol. The van der Waals surface area contributed by atoms with Crippen LogP contribution < -0.4 is 0 Å². The molecule has 0 radical (unpaired) electrons. The average molecular weight is 323 g/mol. The normalized spacial score (nSPS) is 12.0. The minimum atomic E-state index is -0.961. The molecule has 2 aromatic rings. The Labute approximate surface area is 132 Å². The van der Waals surface area contributed by atoms with Crippen LogP contribution in [0.4, 0.5) is 0 Å². The number of nitrogens with zero attached hydrogens (tertiary/aromatic N) is 2. The number of hydrogen-bond donors (Lipinski definition) is 1. The number of carboxylic acids is 1. The molecule has 2 rings (SSSR count). The van der Waals surface area contributed by atoms with Crippen molar-refractivity contribution in [2.75, 3.05) is 13.6 Å². The molecule has 1 unspecified atom stereocenters. The summed E-state index contributed by atoms with van der Waals surface area (Å²) in [5.74, 6) is -2.00. The summed E-state index contributed by atoms with van der Waals surface area (Å²) in [6.45, 7) is 1.62. The zero-order chi connectivity index (χ0) is 16.3. The van der Waals surface area contributed by atoms with E-state index in [1.54, 1.807) is 24.3 Å². The lowest BCUT2D eigenvalue weighted by molar-refractivity contribution is -0.141. The highest BCUT2D eigenvalue weighted by molar-refractivity contribution is 6.30. The summed E-state index contributed by atoms with van der Waals surface area (Å²) < 4.78 is 5.05. The topological polar surface area (TPSA) is 83.6 Å². The number of benzene rings is 1. The summed E-state index contributed by atoms with van der Waals surface area (Å²) in [7, 11) is 1.52. The summed E-state index contributed by atoms with van der Waals surface area (Å²) in [5.41, 5.74) is 1.22. The highest BCUT2D eigenvalue weighted by Crippen LogP contribution is 2.22. The number of rotatable bonds is 5. The molecule has 22 heavy (non-hydrogen) atoms. The Morgan fingerprint density at radius 3 is 2.77 bits per heavy atom. The van der Waals surface area contributed by atoms with E-state index in [0.29, 0.717) is 10.7 Å². The SMILES string of the molecule is CC(CN(C)C(=O)c1cc(-c2cccc(Cl)c2)no1)C(=O)O. The average Bonchev–Trinajstić information content (AvgIpc) is 2.96. The second kappa shape index (κ2) is 6.62. The third-order valence-electron chi connectivity index (χ3n) is 3.16. The second-order valence-electron chi connectivity index (χ2n) is 5.01. The Bertz CT molecular complexity index is 698. The first kappa shape index (κ1) is 16.0. The fourth-order valence-electron chi connectivity index (χ4n) is 1.92. The van der Waals surface area contributed by atoms with Gasteiger partial charge in [0.15, 0.2) is 0 Å².